The summed E-state index contributed by atoms with van der Waals surface area (Å²) in [7, 11) is 0. The number of azide groups is 3. The van der Waals surface area contributed by atoms with Crippen molar-refractivity contribution < 1.29 is 29.2 Å². The highest BCUT2D eigenvalue weighted by molar-refractivity contribution is 5.68. The van der Waals surface area contributed by atoms with Gasteiger partial charge in [0.25, 0.3) is 0 Å². The number of amides is 1. The molecule has 8 atom stereocenters. The van der Waals surface area contributed by atoms with Crippen molar-refractivity contribution in [1.29, 1.82) is 0 Å². The van der Waals surface area contributed by atoms with E-state index in [4.69, 9.17) is 30.8 Å². The first kappa shape index (κ1) is 26.0. The molecule has 0 aromatic heterocycles. The van der Waals surface area contributed by atoms with Crippen LogP contribution in [0.15, 0.2) is 27.5 Å². The number of rotatable bonds is 7. The smallest absolute Gasteiger partial charge is 0.407 e. The molecule has 0 radical (unpaired) electrons. The molecule has 16 nitrogen and oxygen atoms in total. The first-order chi connectivity index (χ1) is 15.6. The van der Waals surface area contributed by atoms with Gasteiger partial charge in [0.05, 0.1) is 30.8 Å². The van der Waals surface area contributed by atoms with Crippen molar-refractivity contribution in [3.05, 3.63) is 43.5 Å². The van der Waals surface area contributed by atoms with Gasteiger partial charge in [0.15, 0.2) is 6.29 Å². The van der Waals surface area contributed by atoms with E-state index in [-0.39, 0.29) is 13.0 Å². The average molecular weight is 466 g/mol. The summed E-state index contributed by atoms with van der Waals surface area (Å²) >= 11 is 0. The van der Waals surface area contributed by atoms with Crippen LogP contribution in [0.3, 0.4) is 0 Å². The second-order valence-electron chi connectivity index (χ2n) is 8.38. The van der Waals surface area contributed by atoms with Crippen molar-refractivity contribution in [1.82, 2.24) is 5.32 Å². The van der Waals surface area contributed by atoms with Gasteiger partial charge in [0.1, 0.15) is 23.9 Å². The van der Waals surface area contributed by atoms with Crippen molar-refractivity contribution in [2.24, 2.45) is 15.3 Å². The molecule has 2 rings (SSSR count). The van der Waals surface area contributed by atoms with Crippen LogP contribution < -0.4 is 5.32 Å². The Bertz CT molecular complexity index is 874. The molecule has 1 heterocycles. The monoisotopic (exact) mass is 466 g/mol. The van der Waals surface area contributed by atoms with Gasteiger partial charge in [-0.3, -0.25) is 0 Å². The van der Waals surface area contributed by atoms with Crippen LogP contribution in [-0.4, -0.2) is 77.3 Å². The van der Waals surface area contributed by atoms with Crippen LogP contribution >= 0.6 is 0 Å². The van der Waals surface area contributed by atoms with Gasteiger partial charge >= 0.3 is 6.09 Å². The lowest BCUT2D eigenvalue weighted by molar-refractivity contribution is -0.233. The van der Waals surface area contributed by atoms with Crippen LogP contribution in [0.5, 0.6) is 0 Å². The van der Waals surface area contributed by atoms with Gasteiger partial charge in [-0.05, 0) is 43.8 Å². The van der Waals surface area contributed by atoms with E-state index in [1.54, 1.807) is 20.8 Å². The zero-order valence-electron chi connectivity index (χ0n) is 18.2. The maximum Gasteiger partial charge on any atom is 0.407 e. The van der Waals surface area contributed by atoms with E-state index in [0.29, 0.717) is 0 Å². The quantitative estimate of drug-likeness (QED) is 0.220. The van der Waals surface area contributed by atoms with E-state index in [1.165, 1.54) is 12.2 Å². The lowest BCUT2D eigenvalue weighted by Crippen LogP contribution is -2.62. The lowest BCUT2D eigenvalue weighted by atomic mass is 9.84. The van der Waals surface area contributed by atoms with Crippen LogP contribution in [0.25, 0.3) is 31.3 Å². The van der Waals surface area contributed by atoms with Gasteiger partial charge in [-0.25, -0.2) is 4.79 Å². The Morgan fingerprint density at radius 2 is 1.85 bits per heavy atom. The largest absolute Gasteiger partial charge is 0.444 e. The number of nitrogens with zero attached hydrogens (tertiary/aromatic N) is 9. The van der Waals surface area contributed by atoms with E-state index in [0.717, 1.165) is 0 Å². The predicted octanol–water partition coefficient (Wildman–Crippen LogP) is 2.34. The van der Waals surface area contributed by atoms with Crippen molar-refractivity contribution >= 4 is 6.09 Å². The molecule has 180 valence electrons. The van der Waals surface area contributed by atoms with Crippen molar-refractivity contribution in [2.75, 3.05) is 6.54 Å². The minimum atomic E-state index is -1.61. The highest BCUT2D eigenvalue weighted by Crippen LogP contribution is 2.30. The Kier molecular flexibility index (Phi) is 9.14. The van der Waals surface area contributed by atoms with Crippen LogP contribution in [0.2, 0.25) is 0 Å². The molecular formula is C17H26N10O6. The highest BCUT2D eigenvalue weighted by atomic mass is 16.7. The first-order valence-electron chi connectivity index (χ1n) is 10.0. The van der Waals surface area contributed by atoms with Gasteiger partial charge in [-0.15, -0.1) is 0 Å². The molecule has 1 amide bonds. The molecule has 0 spiro atoms. The molecule has 1 aliphatic carbocycles. The molecule has 0 saturated heterocycles. The third kappa shape index (κ3) is 7.41. The summed E-state index contributed by atoms with van der Waals surface area (Å²) in [6.45, 7) is 4.94. The third-order valence-corrected chi connectivity index (χ3v) is 4.79. The fourth-order valence-electron chi connectivity index (χ4n) is 3.41. The molecule has 1 fully saturated rings. The SMILES string of the molecule is CC(C)(C)OC(=O)N[C@@H]1CC(N=[N+]=[N-])C(O[C@H]2OC(CN=[N+]=[N-])C=CC2N=[N+]=[N-])[C@H](O)C1O. The van der Waals surface area contributed by atoms with E-state index in [1.807, 2.05) is 0 Å². The van der Waals surface area contributed by atoms with Crippen molar-refractivity contribution in [2.45, 2.75) is 81.6 Å². The molecule has 33 heavy (non-hydrogen) atoms. The summed E-state index contributed by atoms with van der Waals surface area (Å²) < 4.78 is 16.6. The van der Waals surface area contributed by atoms with Gasteiger partial charge in [0.2, 0.25) is 0 Å². The van der Waals surface area contributed by atoms with Crippen LogP contribution in [0, 0.1) is 0 Å². The molecule has 5 unspecified atom stereocenters. The highest BCUT2D eigenvalue weighted by Gasteiger charge is 2.47. The number of hydrogen-bond acceptors (Lipinski definition) is 9. The summed E-state index contributed by atoms with van der Waals surface area (Å²) in [5.74, 6) is 0. The molecule has 16 heteroatoms. The van der Waals surface area contributed by atoms with E-state index in [9.17, 15) is 15.0 Å². The molecular weight excluding hydrogens is 440 g/mol. The molecule has 1 saturated carbocycles. The normalized spacial score (nSPS) is 33.6. The summed E-state index contributed by atoms with van der Waals surface area (Å²) in [6.07, 6.45) is -4.16. The van der Waals surface area contributed by atoms with Gasteiger partial charge < -0.3 is 29.7 Å². The summed E-state index contributed by atoms with van der Waals surface area (Å²) in [5.41, 5.74) is 25.5. The summed E-state index contributed by atoms with van der Waals surface area (Å²) in [4.78, 5) is 20.3. The molecule has 2 aliphatic rings. The zero-order valence-corrected chi connectivity index (χ0v) is 18.2. The maximum atomic E-state index is 12.1. The number of aliphatic hydroxyl groups is 2. The molecule has 3 N–H and O–H groups in total. The second-order valence-corrected chi connectivity index (χ2v) is 8.38. The molecule has 0 bridgehead atoms. The minimum absolute atomic E-state index is 0.0622. The van der Waals surface area contributed by atoms with Crippen molar-refractivity contribution in [3.8, 4) is 0 Å². The second kappa shape index (κ2) is 11.6. The molecule has 0 aromatic carbocycles. The molecule has 1 aliphatic heterocycles. The number of carbonyl (C=O) groups excluding carboxylic acids is 1. The standard InChI is InChI=1S/C17H26N10O6/c1-17(2,3)33-16(30)22-10-6-11(24-27-20)14(13(29)12(10)28)32-15-9(23-26-19)5-4-8(31-15)7-21-25-18/h4-5,8-15,28-29H,6-7H2,1-3H3,(H,22,30)/t8?,9?,10-,11?,12?,13-,14?,15-/m1/s1. The van der Waals surface area contributed by atoms with E-state index >= 15 is 0 Å². The topological polar surface area (TPSA) is 244 Å². The number of hydrogen-bond donors (Lipinski definition) is 3. The minimum Gasteiger partial charge on any atom is -0.444 e. The number of alkyl carbamates (subject to hydrolysis) is 1. The fourth-order valence-corrected chi connectivity index (χ4v) is 3.41. The van der Waals surface area contributed by atoms with E-state index < -0.39 is 60.5 Å². The number of ether oxygens (including phenoxy) is 3. The predicted molar refractivity (Wildman–Crippen MR) is 112 cm³/mol. The Labute approximate surface area is 188 Å². The van der Waals surface area contributed by atoms with Crippen molar-refractivity contribution in [3.63, 3.8) is 0 Å². The Morgan fingerprint density at radius 1 is 1.15 bits per heavy atom. The van der Waals surface area contributed by atoms with E-state index in [2.05, 4.69) is 35.4 Å². The summed E-state index contributed by atoms with van der Waals surface area (Å²) in [6, 6.07) is -2.96. The molecule has 0 aromatic rings. The van der Waals surface area contributed by atoms with Crippen LogP contribution in [-0.2, 0) is 14.2 Å². The Morgan fingerprint density at radius 3 is 2.45 bits per heavy atom. The van der Waals surface area contributed by atoms with Gasteiger partial charge in [-0.1, -0.05) is 27.5 Å². The van der Waals surface area contributed by atoms with Gasteiger partial charge in [0, 0.05) is 14.7 Å². The number of carbonyl (C=O) groups is 1. The van der Waals surface area contributed by atoms with Crippen LogP contribution in [0.1, 0.15) is 27.2 Å². The first-order valence-corrected chi connectivity index (χ1v) is 10.0. The maximum absolute atomic E-state index is 12.1. The fraction of sp³-hybridized carbons (Fsp3) is 0.824. The number of aliphatic hydroxyl groups excluding tert-OH is 2. The Hall–Kier alpha value is -3.22. The summed E-state index contributed by atoms with van der Waals surface area (Å²) in [5, 5.41) is 34.4. The zero-order chi connectivity index (χ0) is 24.6. The average Bonchev–Trinajstić information content (AvgIpc) is 2.73. The third-order valence-electron chi connectivity index (χ3n) is 4.79. The van der Waals surface area contributed by atoms with Crippen LogP contribution in [0.4, 0.5) is 4.79 Å². The number of nitrogens with one attached hydrogen (secondary N) is 1. The van der Waals surface area contributed by atoms with Gasteiger partial charge in [-0.2, -0.15) is 0 Å². The Balaban J connectivity index is 2.20. The lowest BCUT2D eigenvalue weighted by Gasteiger charge is -2.43.